The molecule has 126 valence electrons. The third-order valence-electron chi connectivity index (χ3n) is 4.57. The van der Waals surface area contributed by atoms with Crippen molar-refractivity contribution in [3.05, 3.63) is 64.6 Å². The van der Waals surface area contributed by atoms with Crippen molar-refractivity contribution in [1.29, 1.82) is 0 Å². The van der Waals surface area contributed by atoms with E-state index in [-0.39, 0.29) is 0 Å². The first-order valence-electron chi connectivity index (χ1n) is 8.74. The number of nitrogens with zero attached hydrogens (tertiary/aromatic N) is 3. The fourth-order valence-electron chi connectivity index (χ4n) is 3.25. The topological polar surface area (TPSA) is 28.5 Å². The summed E-state index contributed by atoms with van der Waals surface area (Å²) >= 11 is 3.46. The third kappa shape index (κ3) is 3.74. The van der Waals surface area contributed by atoms with Crippen LogP contribution in [0.5, 0.6) is 0 Å². The van der Waals surface area contributed by atoms with E-state index in [2.05, 4.69) is 50.1 Å². The highest BCUT2D eigenvalue weighted by molar-refractivity contribution is 9.10. The van der Waals surface area contributed by atoms with Crippen molar-refractivity contribution in [1.82, 2.24) is 4.98 Å². The molecule has 3 aromatic rings. The van der Waals surface area contributed by atoms with Crippen LogP contribution in [0.1, 0.15) is 24.8 Å². The van der Waals surface area contributed by atoms with Crippen molar-refractivity contribution >= 4 is 44.6 Å². The van der Waals surface area contributed by atoms with Gasteiger partial charge in [-0.25, -0.2) is 4.98 Å². The molecule has 0 unspecified atom stereocenters. The average Bonchev–Trinajstić information content (AvgIpc) is 2.67. The van der Waals surface area contributed by atoms with Gasteiger partial charge in [0.15, 0.2) is 0 Å². The highest BCUT2D eigenvalue weighted by Crippen LogP contribution is 2.26. The van der Waals surface area contributed by atoms with Crippen LogP contribution in [0.25, 0.3) is 10.9 Å². The highest BCUT2D eigenvalue weighted by Gasteiger charge is 2.16. The van der Waals surface area contributed by atoms with Crippen molar-refractivity contribution in [3.63, 3.8) is 0 Å². The van der Waals surface area contributed by atoms with Crippen molar-refractivity contribution in [3.8, 4) is 0 Å². The van der Waals surface area contributed by atoms with Crippen LogP contribution >= 0.6 is 15.9 Å². The number of fused-ring (bicyclic) bond motifs is 1. The average molecular weight is 394 g/mol. The molecule has 0 spiro atoms. The smallest absolute Gasteiger partial charge is 0.138 e. The molecule has 1 aliphatic heterocycles. The summed E-state index contributed by atoms with van der Waals surface area (Å²) in [5.74, 6) is 1.05. The van der Waals surface area contributed by atoms with Crippen molar-refractivity contribution in [2.24, 2.45) is 4.99 Å². The predicted octanol–water partition coefficient (Wildman–Crippen LogP) is 5.74. The van der Waals surface area contributed by atoms with Crippen LogP contribution in [-0.2, 0) is 0 Å². The number of halogens is 1. The molecule has 1 saturated heterocycles. The van der Waals surface area contributed by atoms with Gasteiger partial charge in [0.2, 0.25) is 0 Å². The van der Waals surface area contributed by atoms with Gasteiger partial charge in [0.05, 0.1) is 11.2 Å². The van der Waals surface area contributed by atoms with Crippen molar-refractivity contribution in [2.45, 2.75) is 19.3 Å². The first-order valence-corrected chi connectivity index (χ1v) is 9.53. The molecule has 2 aromatic carbocycles. The molecule has 1 aliphatic rings. The molecule has 1 aromatic heterocycles. The van der Waals surface area contributed by atoms with E-state index in [1.165, 1.54) is 19.3 Å². The number of hydrogen-bond acceptors (Lipinski definition) is 3. The second-order valence-corrected chi connectivity index (χ2v) is 7.29. The Morgan fingerprint density at radius 1 is 0.960 bits per heavy atom. The zero-order valence-electron chi connectivity index (χ0n) is 14.0. The number of rotatable bonds is 3. The second-order valence-electron chi connectivity index (χ2n) is 6.38. The number of para-hydroxylation sites is 1. The van der Waals surface area contributed by atoms with Crippen molar-refractivity contribution in [2.75, 3.05) is 18.0 Å². The Morgan fingerprint density at radius 2 is 1.72 bits per heavy atom. The van der Waals surface area contributed by atoms with Crippen LogP contribution in [0.15, 0.2) is 64.1 Å². The fraction of sp³-hybridized carbons (Fsp3) is 0.238. The molecular formula is C21H20BrN3. The van der Waals surface area contributed by atoms with Crippen LogP contribution < -0.4 is 4.90 Å². The summed E-state index contributed by atoms with van der Waals surface area (Å²) in [5, 5.41) is 1.15. The van der Waals surface area contributed by atoms with Gasteiger partial charge in [-0.15, -0.1) is 0 Å². The lowest BCUT2D eigenvalue weighted by molar-refractivity contribution is 0.574. The Balaban J connectivity index is 1.75. The van der Waals surface area contributed by atoms with Crippen LogP contribution in [0.3, 0.4) is 0 Å². The lowest BCUT2D eigenvalue weighted by Crippen LogP contribution is -2.31. The Bertz CT molecular complexity index is 897. The summed E-state index contributed by atoms with van der Waals surface area (Å²) in [6, 6.07) is 18.5. The molecular weight excluding hydrogens is 374 g/mol. The minimum atomic E-state index is 0.945. The van der Waals surface area contributed by atoms with Crippen LogP contribution in [-0.4, -0.2) is 24.3 Å². The molecule has 4 rings (SSSR count). The quantitative estimate of drug-likeness (QED) is 0.530. The Morgan fingerprint density at radius 3 is 2.52 bits per heavy atom. The second kappa shape index (κ2) is 7.36. The van der Waals surface area contributed by atoms with Gasteiger partial charge in [-0.2, -0.15) is 0 Å². The van der Waals surface area contributed by atoms with E-state index in [9.17, 15) is 0 Å². The molecule has 2 heterocycles. The fourth-order valence-corrected chi connectivity index (χ4v) is 3.51. The largest absolute Gasteiger partial charge is 0.356 e. The molecule has 0 aliphatic carbocycles. The minimum Gasteiger partial charge on any atom is -0.356 e. The molecule has 3 nitrogen and oxygen atoms in total. The number of piperidine rings is 1. The van der Waals surface area contributed by atoms with Gasteiger partial charge in [0.25, 0.3) is 0 Å². The van der Waals surface area contributed by atoms with Crippen molar-refractivity contribution < 1.29 is 0 Å². The predicted molar refractivity (Wildman–Crippen MR) is 109 cm³/mol. The molecule has 0 N–H and O–H groups in total. The number of pyridine rings is 1. The zero-order chi connectivity index (χ0) is 17.1. The third-order valence-corrected chi connectivity index (χ3v) is 5.10. The van der Waals surface area contributed by atoms with Gasteiger partial charge in [-0.05, 0) is 55.7 Å². The van der Waals surface area contributed by atoms with E-state index in [4.69, 9.17) is 4.98 Å². The molecule has 0 amide bonds. The maximum atomic E-state index is 4.95. The van der Waals surface area contributed by atoms with E-state index in [0.717, 1.165) is 45.5 Å². The number of anilines is 1. The van der Waals surface area contributed by atoms with Crippen LogP contribution in [0, 0.1) is 0 Å². The summed E-state index contributed by atoms with van der Waals surface area (Å²) in [4.78, 5) is 12.0. The van der Waals surface area contributed by atoms with Crippen LogP contribution in [0.2, 0.25) is 0 Å². The first-order chi connectivity index (χ1) is 12.3. The van der Waals surface area contributed by atoms with Gasteiger partial charge in [-0.1, -0.05) is 34.1 Å². The molecule has 0 saturated carbocycles. The maximum absolute atomic E-state index is 4.95. The van der Waals surface area contributed by atoms with E-state index in [0.29, 0.717) is 0 Å². The molecule has 4 heteroatoms. The molecule has 0 atom stereocenters. The van der Waals surface area contributed by atoms with Gasteiger partial charge in [0, 0.05) is 34.7 Å². The van der Waals surface area contributed by atoms with E-state index >= 15 is 0 Å². The minimum absolute atomic E-state index is 0.945. The summed E-state index contributed by atoms with van der Waals surface area (Å²) < 4.78 is 1.06. The van der Waals surface area contributed by atoms with Gasteiger partial charge >= 0.3 is 0 Å². The monoisotopic (exact) mass is 393 g/mol. The zero-order valence-corrected chi connectivity index (χ0v) is 15.6. The summed E-state index contributed by atoms with van der Waals surface area (Å²) in [5.41, 5.74) is 3.08. The first kappa shape index (κ1) is 16.3. The molecule has 0 radical (unpaired) electrons. The summed E-state index contributed by atoms with van der Waals surface area (Å²) in [6.45, 7) is 2.15. The normalized spacial score (nSPS) is 15.2. The molecule has 1 fully saturated rings. The van der Waals surface area contributed by atoms with Gasteiger partial charge < -0.3 is 4.90 Å². The summed E-state index contributed by atoms with van der Waals surface area (Å²) in [6.07, 6.45) is 5.73. The SMILES string of the molecule is Brc1ccc(N=Cc2cc3ccccc3nc2N2CCCCC2)cc1. The molecule has 25 heavy (non-hydrogen) atoms. The number of aromatic nitrogens is 1. The van der Waals surface area contributed by atoms with Gasteiger partial charge in [-0.3, -0.25) is 4.99 Å². The highest BCUT2D eigenvalue weighted by atomic mass is 79.9. The Labute approximate surface area is 156 Å². The standard InChI is InChI=1S/C21H20BrN3/c22-18-8-10-19(11-9-18)23-15-17-14-16-6-2-3-7-20(16)24-21(17)25-12-4-1-5-13-25/h2-3,6-11,14-15H,1,4-5,12-13H2. The Kier molecular flexibility index (Phi) is 4.79. The summed E-state index contributed by atoms with van der Waals surface area (Å²) in [7, 11) is 0. The lowest BCUT2D eigenvalue weighted by Gasteiger charge is -2.29. The van der Waals surface area contributed by atoms with E-state index in [1.54, 1.807) is 0 Å². The maximum Gasteiger partial charge on any atom is 0.138 e. The number of benzene rings is 2. The lowest BCUT2D eigenvalue weighted by atomic mass is 10.1. The van der Waals surface area contributed by atoms with Gasteiger partial charge in [0.1, 0.15) is 5.82 Å². The number of aliphatic imine (C=N–C) groups is 1. The number of hydrogen-bond donors (Lipinski definition) is 0. The van der Waals surface area contributed by atoms with E-state index < -0.39 is 0 Å². The molecule has 0 bridgehead atoms. The van der Waals surface area contributed by atoms with E-state index in [1.807, 2.05) is 36.5 Å². The van der Waals surface area contributed by atoms with Crippen LogP contribution in [0.4, 0.5) is 11.5 Å². The Hall–Kier alpha value is -2.20.